The lowest BCUT2D eigenvalue weighted by Crippen LogP contribution is -2.49. The van der Waals surface area contributed by atoms with Gasteiger partial charge in [-0.25, -0.2) is 4.79 Å². The number of hydrogen-bond acceptors (Lipinski definition) is 6. The maximum Gasteiger partial charge on any atom is 0.414 e. The SMILES string of the molecule is C[C@H]1[C@@H](C(=O)O)CCCN1C(=O)c1cc(NC(=O)OCC2c3ccccc3-c3ccccc32)on1. The van der Waals surface area contributed by atoms with Crippen molar-refractivity contribution in [1.29, 1.82) is 0 Å². The van der Waals surface area contributed by atoms with E-state index in [1.165, 1.54) is 11.0 Å². The highest BCUT2D eigenvalue weighted by molar-refractivity contribution is 5.94. The molecule has 2 heterocycles. The molecule has 35 heavy (non-hydrogen) atoms. The van der Waals surface area contributed by atoms with E-state index in [2.05, 4.69) is 22.6 Å². The van der Waals surface area contributed by atoms with Crippen LogP contribution < -0.4 is 5.32 Å². The lowest BCUT2D eigenvalue weighted by atomic mass is 9.90. The van der Waals surface area contributed by atoms with Gasteiger partial charge in [0.15, 0.2) is 5.69 Å². The van der Waals surface area contributed by atoms with Crippen molar-refractivity contribution in [3.05, 3.63) is 71.4 Å². The molecular weight excluding hydrogens is 450 g/mol. The molecule has 1 aliphatic heterocycles. The van der Waals surface area contributed by atoms with Crippen molar-refractivity contribution < 1.29 is 28.8 Å². The number of carbonyl (C=O) groups is 3. The van der Waals surface area contributed by atoms with Crippen LogP contribution in [0.15, 0.2) is 59.1 Å². The van der Waals surface area contributed by atoms with E-state index in [4.69, 9.17) is 9.26 Å². The van der Waals surface area contributed by atoms with Crippen LogP contribution in [0.5, 0.6) is 0 Å². The topological polar surface area (TPSA) is 122 Å². The summed E-state index contributed by atoms with van der Waals surface area (Å²) in [5.41, 5.74) is 4.46. The van der Waals surface area contributed by atoms with Gasteiger partial charge in [-0.15, -0.1) is 0 Å². The van der Waals surface area contributed by atoms with Gasteiger partial charge in [-0.1, -0.05) is 53.7 Å². The number of anilines is 1. The zero-order valence-corrected chi connectivity index (χ0v) is 19.1. The fourth-order valence-electron chi connectivity index (χ4n) is 5.08. The molecule has 0 saturated carbocycles. The van der Waals surface area contributed by atoms with Crippen LogP contribution in [0.4, 0.5) is 10.7 Å². The molecular formula is C26H25N3O6. The smallest absolute Gasteiger partial charge is 0.414 e. The van der Waals surface area contributed by atoms with Crippen LogP contribution in [0.1, 0.15) is 47.3 Å². The molecule has 3 aromatic rings. The number of aliphatic carboxylic acids is 1. The fourth-order valence-corrected chi connectivity index (χ4v) is 5.08. The van der Waals surface area contributed by atoms with Crippen LogP contribution in [0.2, 0.25) is 0 Å². The average molecular weight is 476 g/mol. The third-order valence-corrected chi connectivity index (χ3v) is 6.86. The molecule has 0 bridgehead atoms. The summed E-state index contributed by atoms with van der Waals surface area (Å²) in [5.74, 6) is -2.09. The van der Waals surface area contributed by atoms with Gasteiger partial charge in [0.1, 0.15) is 6.61 Å². The van der Waals surface area contributed by atoms with E-state index in [9.17, 15) is 19.5 Å². The number of likely N-dealkylation sites (tertiary alicyclic amines) is 1. The zero-order chi connectivity index (χ0) is 24.5. The Hall–Kier alpha value is -4.14. The molecule has 1 aromatic heterocycles. The summed E-state index contributed by atoms with van der Waals surface area (Å²) in [6.45, 7) is 2.29. The van der Waals surface area contributed by atoms with Crippen molar-refractivity contribution in [3.8, 4) is 11.1 Å². The van der Waals surface area contributed by atoms with E-state index >= 15 is 0 Å². The molecule has 0 spiro atoms. The molecule has 180 valence electrons. The summed E-state index contributed by atoms with van der Waals surface area (Å²) in [5, 5.41) is 15.6. The summed E-state index contributed by atoms with van der Waals surface area (Å²) in [4.78, 5) is 38.3. The van der Waals surface area contributed by atoms with E-state index < -0.39 is 29.9 Å². The number of nitrogens with zero attached hydrogens (tertiary/aromatic N) is 2. The first-order chi connectivity index (χ1) is 16.9. The van der Waals surface area contributed by atoms with Gasteiger partial charge in [-0.3, -0.25) is 14.9 Å². The number of carboxylic acids is 1. The number of ether oxygens (including phenoxy) is 1. The van der Waals surface area contributed by atoms with Crippen molar-refractivity contribution in [2.45, 2.75) is 31.7 Å². The highest BCUT2D eigenvalue weighted by atomic mass is 16.6. The lowest BCUT2D eigenvalue weighted by Gasteiger charge is -2.36. The molecule has 0 unspecified atom stereocenters. The van der Waals surface area contributed by atoms with Crippen molar-refractivity contribution in [2.75, 3.05) is 18.5 Å². The Morgan fingerprint density at radius 2 is 1.77 bits per heavy atom. The van der Waals surface area contributed by atoms with Gasteiger partial charge in [0, 0.05) is 24.6 Å². The van der Waals surface area contributed by atoms with E-state index in [1.54, 1.807) is 6.92 Å². The molecule has 1 saturated heterocycles. The number of carbonyl (C=O) groups excluding carboxylic acids is 2. The molecule has 5 rings (SSSR count). The summed E-state index contributed by atoms with van der Waals surface area (Å²) < 4.78 is 10.6. The molecule has 9 nitrogen and oxygen atoms in total. The number of aromatic nitrogens is 1. The summed E-state index contributed by atoms with van der Waals surface area (Å²) in [6, 6.07) is 16.9. The minimum atomic E-state index is -0.923. The largest absolute Gasteiger partial charge is 0.481 e. The standard InChI is InChI=1S/C26H25N3O6/c1-15-16(25(31)32)11-6-12-29(15)24(30)22-13-23(35-28-22)27-26(33)34-14-21-19-9-4-2-7-17(19)18-8-3-5-10-20(18)21/h2-5,7-10,13,15-16,21H,6,11-12,14H2,1H3,(H,27,33)(H,31,32)/t15-,16-/m0/s1. The van der Waals surface area contributed by atoms with E-state index in [-0.39, 0.29) is 24.1 Å². The molecule has 9 heteroatoms. The number of nitrogens with one attached hydrogen (secondary N) is 1. The summed E-state index contributed by atoms with van der Waals surface area (Å²) in [7, 11) is 0. The Balaban J connectivity index is 1.22. The van der Waals surface area contributed by atoms with Gasteiger partial charge in [0.25, 0.3) is 5.91 Å². The lowest BCUT2D eigenvalue weighted by molar-refractivity contribution is -0.145. The molecule has 2 atom stereocenters. The van der Waals surface area contributed by atoms with E-state index in [0.717, 1.165) is 22.3 Å². The van der Waals surface area contributed by atoms with Gasteiger partial charge in [0.05, 0.1) is 5.92 Å². The number of amides is 2. The first-order valence-electron chi connectivity index (χ1n) is 11.6. The quantitative estimate of drug-likeness (QED) is 0.562. The predicted octanol–water partition coefficient (Wildman–Crippen LogP) is 4.36. The minimum Gasteiger partial charge on any atom is -0.481 e. The first kappa shape index (κ1) is 22.6. The molecule has 2 amide bonds. The van der Waals surface area contributed by atoms with Gasteiger partial charge >= 0.3 is 12.1 Å². The second-order valence-corrected chi connectivity index (χ2v) is 8.85. The second kappa shape index (κ2) is 9.25. The van der Waals surface area contributed by atoms with Crippen LogP contribution in [0.25, 0.3) is 11.1 Å². The van der Waals surface area contributed by atoms with Gasteiger partial charge < -0.3 is 19.3 Å². The molecule has 0 radical (unpaired) electrons. The second-order valence-electron chi connectivity index (χ2n) is 8.85. The molecule has 2 aromatic carbocycles. The first-order valence-corrected chi connectivity index (χ1v) is 11.6. The van der Waals surface area contributed by atoms with Crippen LogP contribution in [0, 0.1) is 5.92 Å². The minimum absolute atomic E-state index is 0.00293. The van der Waals surface area contributed by atoms with Crippen molar-refractivity contribution in [2.24, 2.45) is 5.92 Å². The number of carboxylic acid groups (broad SMARTS) is 1. The number of piperidine rings is 1. The van der Waals surface area contributed by atoms with Crippen molar-refractivity contribution >= 4 is 23.9 Å². The highest BCUT2D eigenvalue weighted by Gasteiger charge is 2.36. The summed E-state index contributed by atoms with van der Waals surface area (Å²) >= 11 is 0. The number of hydrogen-bond donors (Lipinski definition) is 2. The zero-order valence-electron chi connectivity index (χ0n) is 19.1. The van der Waals surface area contributed by atoms with Crippen LogP contribution in [0.3, 0.4) is 0 Å². The fraction of sp³-hybridized carbons (Fsp3) is 0.308. The Labute approximate surface area is 201 Å². The molecule has 1 aliphatic carbocycles. The van der Waals surface area contributed by atoms with Gasteiger partial charge in [-0.2, -0.15) is 0 Å². The average Bonchev–Trinajstić information content (AvgIpc) is 3.45. The molecule has 1 fully saturated rings. The summed E-state index contributed by atoms with van der Waals surface area (Å²) in [6.07, 6.45) is 0.392. The number of benzene rings is 2. The van der Waals surface area contributed by atoms with Crippen LogP contribution in [-0.2, 0) is 9.53 Å². The van der Waals surface area contributed by atoms with Crippen LogP contribution >= 0.6 is 0 Å². The Bertz CT molecular complexity index is 1240. The third kappa shape index (κ3) is 4.25. The van der Waals surface area contributed by atoms with E-state index in [0.29, 0.717) is 19.4 Å². The Morgan fingerprint density at radius 3 is 2.43 bits per heavy atom. The van der Waals surface area contributed by atoms with Gasteiger partial charge in [0.2, 0.25) is 5.88 Å². The number of fused-ring (bicyclic) bond motifs is 3. The maximum absolute atomic E-state index is 12.9. The van der Waals surface area contributed by atoms with Crippen molar-refractivity contribution in [3.63, 3.8) is 0 Å². The van der Waals surface area contributed by atoms with Gasteiger partial charge in [-0.05, 0) is 42.0 Å². The molecule has 2 N–H and O–H groups in total. The van der Waals surface area contributed by atoms with Crippen molar-refractivity contribution in [1.82, 2.24) is 10.1 Å². The number of rotatable bonds is 5. The Morgan fingerprint density at radius 1 is 1.11 bits per heavy atom. The van der Waals surface area contributed by atoms with Crippen LogP contribution in [-0.4, -0.2) is 52.3 Å². The monoisotopic (exact) mass is 475 g/mol. The molecule has 2 aliphatic rings. The van der Waals surface area contributed by atoms with E-state index in [1.807, 2.05) is 36.4 Å². The Kier molecular flexibility index (Phi) is 5.98. The highest BCUT2D eigenvalue weighted by Crippen LogP contribution is 2.44. The maximum atomic E-state index is 12.9. The third-order valence-electron chi connectivity index (χ3n) is 6.86. The predicted molar refractivity (Wildman–Crippen MR) is 126 cm³/mol. The normalized spacial score (nSPS) is 19.1.